The summed E-state index contributed by atoms with van der Waals surface area (Å²) in [5, 5.41) is 38.0. The van der Waals surface area contributed by atoms with Gasteiger partial charge in [0.05, 0.1) is 45.3 Å². The fourth-order valence-electron chi connectivity index (χ4n) is 13.3. The van der Waals surface area contributed by atoms with Crippen LogP contribution in [0, 0.1) is 13.8 Å². The van der Waals surface area contributed by atoms with E-state index in [2.05, 4.69) is 114 Å². The van der Waals surface area contributed by atoms with Gasteiger partial charge in [0.2, 0.25) is 0 Å². The maximum absolute atomic E-state index is 11.2. The third-order valence-electron chi connectivity index (χ3n) is 20.4. The molecule has 764 valence electrons. The molecule has 10 aromatic rings. The number of thiophene rings is 8. The van der Waals surface area contributed by atoms with E-state index in [1.165, 1.54) is 74.8 Å². The van der Waals surface area contributed by atoms with Crippen LogP contribution in [0.3, 0.4) is 0 Å². The van der Waals surface area contributed by atoms with Crippen molar-refractivity contribution in [2.75, 3.05) is 86.9 Å². The average Bonchev–Trinajstić information content (AvgIpc) is 1.31. The molecule has 4 unspecified atom stereocenters. The molecule has 135 heavy (non-hydrogen) atoms. The lowest BCUT2D eigenvalue weighted by molar-refractivity contribution is 0.168. The van der Waals surface area contributed by atoms with Gasteiger partial charge in [-0.25, -0.2) is 0 Å². The zero-order valence-corrected chi connectivity index (χ0v) is 90.1. The zero-order valence-electron chi connectivity index (χ0n) is 77.1. The molecule has 33 nitrogen and oxygen atoms in total. The van der Waals surface area contributed by atoms with Crippen molar-refractivity contribution in [1.29, 1.82) is 0 Å². The third-order valence-corrected chi connectivity index (χ3v) is 36.9. The van der Waals surface area contributed by atoms with E-state index in [0.29, 0.717) is 89.1 Å². The normalized spacial score (nSPS) is 14.3. The number of aryl methyl sites for hydroxylation is 2. The Kier molecular flexibility index (Phi) is 53.6. The average molecular weight is 2190 g/mol. The van der Waals surface area contributed by atoms with E-state index in [-0.39, 0.29) is 88.6 Å². The first-order valence-electron chi connectivity index (χ1n) is 43.1. The molecule has 49 heteroatoms. The van der Waals surface area contributed by atoms with Crippen molar-refractivity contribution in [3.63, 3.8) is 0 Å². The number of hydrogen-bond donors (Lipinski definition) is 17. The fourth-order valence-corrected chi connectivity index (χ4v) is 25.6. The lowest BCUT2D eigenvalue weighted by Gasteiger charge is -2.37. The van der Waals surface area contributed by atoms with Crippen LogP contribution in [0.1, 0.15) is 193 Å². The molecular weight excluding hydrogens is 2060 g/mol. The molecule has 0 aliphatic heterocycles. The summed E-state index contributed by atoms with van der Waals surface area (Å²) in [5.74, 6) is -1.12. The predicted octanol–water partition coefficient (Wildman–Crippen LogP) is 15.3. The number of aliphatic hydroxyl groups excluding tert-OH is 1. The van der Waals surface area contributed by atoms with Crippen LogP contribution in [0.4, 0.5) is 0 Å². The molecule has 8 heterocycles. The van der Waals surface area contributed by atoms with Gasteiger partial charge in [0, 0.05) is 93.8 Å². The molecular formula is C86H134N8O25S16. The van der Waals surface area contributed by atoms with E-state index < -0.39 is 97.5 Å². The molecule has 0 saturated heterocycles. The third kappa shape index (κ3) is 52.4. The molecule has 0 spiro atoms. The summed E-state index contributed by atoms with van der Waals surface area (Å²) in [5.41, 5.74) is 10.1. The number of fused-ring (bicyclic) bond motifs is 2. The van der Waals surface area contributed by atoms with Gasteiger partial charge < -0.3 is 48.5 Å². The Labute approximate surface area is 830 Å². The molecule has 1 fully saturated rings. The van der Waals surface area contributed by atoms with E-state index in [0.717, 1.165) is 39.2 Å². The highest BCUT2D eigenvalue weighted by Gasteiger charge is 2.35. The number of hydrogen-bond acceptors (Lipinski definition) is 33. The summed E-state index contributed by atoms with van der Waals surface area (Å²) >= 11 is 13.1. The summed E-state index contributed by atoms with van der Waals surface area (Å²) in [6, 6.07) is 44.3. The van der Waals surface area contributed by atoms with E-state index in [1.54, 1.807) is 91.5 Å². The van der Waals surface area contributed by atoms with Crippen LogP contribution in [0.15, 0.2) is 155 Å². The topological polar surface area (TPSA) is 579 Å². The number of benzene rings is 2. The minimum atomic E-state index is -4.29. The van der Waals surface area contributed by atoms with Crippen LogP contribution >= 0.6 is 90.7 Å². The van der Waals surface area contributed by atoms with Gasteiger partial charge in [-0.1, -0.05) is 79.9 Å². The quantitative estimate of drug-likeness (QED) is 0.0124. The molecule has 8 aromatic heterocycles. The first-order chi connectivity index (χ1) is 62.7. The highest BCUT2D eigenvalue weighted by Crippen LogP contribution is 2.40. The Morgan fingerprint density at radius 3 is 1.28 bits per heavy atom. The minimum absolute atomic E-state index is 0.0195. The first-order valence-corrected chi connectivity index (χ1v) is 62.6. The lowest BCUT2D eigenvalue weighted by Crippen LogP contribution is -2.44. The molecule has 4 atom stereocenters. The van der Waals surface area contributed by atoms with E-state index in [1.807, 2.05) is 123 Å². The molecule has 1 aliphatic carbocycles. The summed E-state index contributed by atoms with van der Waals surface area (Å²) in [7, 11) is -31.3. The van der Waals surface area contributed by atoms with E-state index >= 15 is 0 Å². The highest BCUT2D eigenvalue weighted by molar-refractivity contribution is 7.87. The van der Waals surface area contributed by atoms with Crippen LogP contribution in [-0.4, -0.2) is 206 Å². The van der Waals surface area contributed by atoms with Gasteiger partial charge in [-0.2, -0.15) is 67.3 Å². The predicted molar refractivity (Wildman–Crippen MR) is 556 cm³/mol. The Morgan fingerprint density at radius 2 is 0.852 bits per heavy atom. The largest absolute Gasteiger partial charge is 0.386 e. The standard InChI is InChI=1S/C14H19NO3S2.C13H21NO3S2.C12H15NO3S2.C11H19NO3S2.C10H17NO3S2.C9H15NO4S2.C9H15NO3S2.C8H13NO3S2/c1-14(2,15-8-5-9-20(16,17)18)13-10-11-6-3-4-7-12(11)19-13;15-19(16,17)11-5-9-14-13(7-2-1-3-8-13)12-6-4-10-18-12;13-6-5-11(18(14,15)16)8-10-7-9-3-1-2-4-12(9)17-10;1-9-5-6-10(16-9)11(2,3)12-7-4-8-17(13,14)15;1-10(2,9-5-3-7-15-9)11-6-4-8-16(12,13)14;1-6-2-3-7(15-6)9(11)8(4-5-10)16(12,13)14;1-8(9-4-2-6-14-9)10-5-3-7-15(11,12)13;10-14(11,12)6-2-4-9-7-8-3-1-5-13-8/h3-4,6-7,10,15H,5,8-9H2,1-2H3,(H,16,17,18);4,6,10,14H,1-3,5,7-9,11H2,(H,15,16,17);1-4,7,11H,5-6,8,13H2,(H,14,15,16);5-6,12H,4,7-8H2,1-3H3,(H,13,14,15);3,5,7,11H,4,6,8H2,1-2H3,(H,12,13,14);2-3,8-9,11H,4-5,10H2,1H3,(H,12,13,14);2,4,6,8,10H,3,5,7H2,1H3,(H,11,12,13);1,3,5,9H,2,4,6-7H2,(H,10,11,12). The number of nitrogens with one attached hydrogen (secondary N) is 6. The zero-order chi connectivity index (χ0) is 101. The van der Waals surface area contributed by atoms with Crippen LogP contribution < -0.4 is 43.4 Å². The van der Waals surface area contributed by atoms with Gasteiger partial charge in [0.25, 0.3) is 80.9 Å². The van der Waals surface area contributed by atoms with Gasteiger partial charge in [0.15, 0.2) is 0 Å². The minimum Gasteiger partial charge on any atom is -0.386 e. The maximum atomic E-state index is 11.2. The van der Waals surface area contributed by atoms with Crippen LogP contribution in [0.25, 0.3) is 20.2 Å². The second-order valence-corrected chi connectivity index (χ2v) is 54.7. The van der Waals surface area contributed by atoms with E-state index in [4.69, 9.17) is 47.9 Å². The Bertz CT molecular complexity index is 5940. The molecule has 1 aliphatic rings. The van der Waals surface area contributed by atoms with Gasteiger partial charge >= 0.3 is 0 Å². The van der Waals surface area contributed by atoms with Crippen molar-refractivity contribution in [1.82, 2.24) is 31.9 Å². The molecule has 0 amide bonds. The number of aliphatic hydroxyl groups is 1. The Hall–Kier alpha value is -4.52. The van der Waals surface area contributed by atoms with Gasteiger partial charge in [-0.15, -0.1) is 90.7 Å². The van der Waals surface area contributed by atoms with Crippen LogP contribution in [0.5, 0.6) is 0 Å². The maximum Gasteiger partial charge on any atom is 0.270 e. The summed E-state index contributed by atoms with van der Waals surface area (Å²) in [6.45, 7) is 22.9. The van der Waals surface area contributed by atoms with Crippen LogP contribution in [-0.2, 0) is 116 Å². The van der Waals surface area contributed by atoms with Crippen molar-refractivity contribution in [3.05, 3.63) is 204 Å². The molecule has 19 N–H and O–H groups in total. The number of rotatable bonds is 46. The molecule has 0 radical (unpaired) electrons. The summed E-state index contributed by atoms with van der Waals surface area (Å²) in [6.07, 6.45) is 7.83. The van der Waals surface area contributed by atoms with E-state index in [9.17, 15) is 72.4 Å². The fraction of sp³-hybridized carbons (Fsp3) is 0.535. The van der Waals surface area contributed by atoms with Crippen molar-refractivity contribution in [2.24, 2.45) is 11.5 Å². The number of nitrogens with two attached hydrogens (primary N) is 2. The van der Waals surface area contributed by atoms with Crippen molar-refractivity contribution >= 4 is 192 Å². The second-order valence-electron chi connectivity index (χ2n) is 33.2. The van der Waals surface area contributed by atoms with Crippen molar-refractivity contribution in [3.8, 4) is 0 Å². The highest BCUT2D eigenvalue weighted by atomic mass is 32.3. The lowest BCUT2D eigenvalue weighted by atomic mass is 9.80. The summed E-state index contributed by atoms with van der Waals surface area (Å²) < 4.78 is 243. The summed E-state index contributed by atoms with van der Waals surface area (Å²) in [4.78, 5) is 11.1. The van der Waals surface area contributed by atoms with Gasteiger partial charge in [0.1, 0.15) is 11.4 Å². The van der Waals surface area contributed by atoms with Gasteiger partial charge in [-0.3, -0.25) is 36.4 Å². The smallest absolute Gasteiger partial charge is 0.270 e. The monoisotopic (exact) mass is 2190 g/mol. The Balaban J connectivity index is 0.000000323. The van der Waals surface area contributed by atoms with Crippen molar-refractivity contribution in [2.45, 2.75) is 204 Å². The first kappa shape index (κ1) is 123. The molecule has 0 bridgehead atoms. The Morgan fingerprint density at radius 1 is 0.407 bits per heavy atom. The van der Waals surface area contributed by atoms with Crippen molar-refractivity contribution < 1.29 is 109 Å². The molecule has 11 rings (SSSR count). The SMILES string of the molecule is CC(C)(NCCCS(=O)(=O)O)c1cc2ccccc2s1.CC(C)(NCCCS(=O)(=O)O)c1cccs1.CC(NCCCS(=O)(=O)O)c1cccs1.Cc1ccc(C(C)(C)NCCCS(=O)(=O)O)s1.Cc1ccc(C(O)C(CCN)S(=O)(=O)O)s1.NCCC(Cc1cc2ccccc2s1)S(=O)(=O)O.O=S(=O)(O)CCCNC1(c2cccs2)CCCCC1.O=S(=O)(O)CCCNCc1cccs1. The second kappa shape index (κ2) is 58.9. The molecule has 2 aromatic carbocycles. The van der Waals surface area contributed by atoms with Crippen LogP contribution in [0.2, 0.25) is 0 Å². The van der Waals surface area contributed by atoms with Gasteiger partial charge in [-0.05, 0) is 284 Å². The molecule has 1 saturated carbocycles.